The van der Waals surface area contributed by atoms with Crippen LogP contribution in [0.5, 0.6) is 5.88 Å². The average Bonchev–Trinajstić information content (AvgIpc) is 3.13. The zero-order chi connectivity index (χ0) is 25.5. The van der Waals surface area contributed by atoms with Gasteiger partial charge in [-0.3, -0.25) is 4.57 Å². The summed E-state index contributed by atoms with van der Waals surface area (Å²) in [6, 6.07) is 3.25. The number of fused-ring (bicyclic) bond motifs is 1. The fraction of sp³-hybridized carbons (Fsp3) is 0.500. The molecule has 1 aliphatic carbocycles. The molecule has 4 rings (SSSR count). The van der Waals surface area contributed by atoms with Crippen LogP contribution in [0.2, 0.25) is 5.15 Å². The lowest BCUT2D eigenvalue weighted by Crippen LogP contribution is -2.32. The molecular formula is C24H26ClF3N4O3. The second-order valence-electron chi connectivity index (χ2n) is 9.66. The number of aryl methyl sites for hydroxylation is 1. The van der Waals surface area contributed by atoms with Gasteiger partial charge in [-0.15, -0.1) is 0 Å². The number of rotatable bonds is 3. The van der Waals surface area contributed by atoms with E-state index in [4.69, 9.17) is 21.1 Å². The Morgan fingerprint density at radius 3 is 2.46 bits per heavy atom. The third-order valence-corrected chi connectivity index (χ3v) is 6.06. The highest BCUT2D eigenvalue weighted by atomic mass is 35.5. The standard InChI is InChI=1S/C24H26ClF3N4O3/c1-13-30-17(11-19(31-13)34-15-7-5-14(6-8-15)24(26,27)28)16-12-32(22(33)35-23(2,3)4)18-9-10-29-21(25)20(16)18/h9-12,14-15H,5-8H2,1-4H3. The maximum Gasteiger partial charge on any atom is 0.419 e. The average molecular weight is 511 g/mol. The molecule has 0 amide bonds. The Kier molecular flexibility index (Phi) is 6.70. The highest BCUT2D eigenvalue weighted by Crippen LogP contribution is 2.39. The van der Waals surface area contributed by atoms with Gasteiger partial charge in [0.1, 0.15) is 22.7 Å². The SMILES string of the molecule is Cc1nc(OC2CCC(C(F)(F)F)CC2)cc(-c2cn(C(=O)OC(C)(C)C)c3ccnc(Cl)c23)n1. The van der Waals surface area contributed by atoms with Crippen molar-refractivity contribution in [3.63, 3.8) is 0 Å². The van der Waals surface area contributed by atoms with Gasteiger partial charge in [0, 0.05) is 29.4 Å². The van der Waals surface area contributed by atoms with Crippen molar-refractivity contribution in [3.8, 4) is 17.1 Å². The van der Waals surface area contributed by atoms with Crippen LogP contribution >= 0.6 is 11.6 Å². The Morgan fingerprint density at radius 2 is 1.83 bits per heavy atom. The molecule has 0 radical (unpaired) electrons. The summed E-state index contributed by atoms with van der Waals surface area (Å²) in [5.74, 6) is -0.639. The number of aromatic nitrogens is 4. The Morgan fingerprint density at radius 1 is 1.14 bits per heavy atom. The van der Waals surface area contributed by atoms with Crippen LogP contribution in [-0.4, -0.2) is 43.5 Å². The van der Waals surface area contributed by atoms with E-state index in [9.17, 15) is 18.0 Å². The zero-order valence-corrected chi connectivity index (χ0v) is 20.6. The molecule has 0 N–H and O–H groups in total. The predicted octanol–water partition coefficient (Wildman–Crippen LogP) is 6.74. The summed E-state index contributed by atoms with van der Waals surface area (Å²) in [7, 11) is 0. The number of hydrogen-bond donors (Lipinski definition) is 0. The second-order valence-corrected chi connectivity index (χ2v) is 10.0. The van der Waals surface area contributed by atoms with Crippen LogP contribution in [0, 0.1) is 12.8 Å². The minimum Gasteiger partial charge on any atom is -0.474 e. The minimum atomic E-state index is -4.18. The maximum atomic E-state index is 13.0. The molecule has 0 atom stereocenters. The van der Waals surface area contributed by atoms with Crippen LogP contribution in [0.1, 0.15) is 52.3 Å². The molecule has 7 nitrogen and oxygen atoms in total. The Balaban J connectivity index is 1.66. The van der Waals surface area contributed by atoms with E-state index in [-0.39, 0.29) is 42.8 Å². The number of ether oxygens (including phenoxy) is 2. The van der Waals surface area contributed by atoms with Crippen LogP contribution in [-0.2, 0) is 4.74 Å². The molecule has 0 aromatic carbocycles. The minimum absolute atomic E-state index is 0.0236. The van der Waals surface area contributed by atoms with E-state index in [1.165, 1.54) is 10.8 Å². The van der Waals surface area contributed by atoms with Crippen LogP contribution in [0.25, 0.3) is 22.2 Å². The molecule has 1 saturated carbocycles. The maximum absolute atomic E-state index is 13.0. The summed E-state index contributed by atoms with van der Waals surface area (Å²) >= 11 is 6.41. The molecule has 1 fully saturated rings. The lowest BCUT2D eigenvalue weighted by atomic mass is 9.87. The molecule has 0 saturated heterocycles. The van der Waals surface area contributed by atoms with Crippen LogP contribution in [0.3, 0.4) is 0 Å². The highest BCUT2D eigenvalue weighted by Gasteiger charge is 2.41. The molecule has 1 aliphatic rings. The van der Waals surface area contributed by atoms with Crippen LogP contribution in [0.15, 0.2) is 24.5 Å². The first-order valence-corrected chi connectivity index (χ1v) is 11.7. The van der Waals surface area contributed by atoms with E-state index in [2.05, 4.69) is 15.0 Å². The van der Waals surface area contributed by atoms with Crippen molar-refractivity contribution in [2.24, 2.45) is 5.92 Å². The lowest BCUT2D eigenvalue weighted by Gasteiger charge is -2.29. The van der Waals surface area contributed by atoms with Gasteiger partial charge >= 0.3 is 12.3 Å². The van der Waals surface area contributed by atoms with Gasteiger partial charge in [-0.25, -0.2) is 14.8 Å². The number of nitrogens with zero attached hydrogens (tertiary/aromatic N) is 4. The van der Waals surface area contributed by atoms with Crippen molar-refractivity contribution >= 4 is 28.6 Å². The Hall–Kier alpha value is -2.88. The van der Waals surface area contributed by atoms with Gasteiger partial charge in [0.2, 0.25) is 5.88 Å². The fourth-order valence-electron chi connectivity index (χ4n) is 4.21. The summed E-state index contributed by atoms with van der Waals surface area (Å²) in [5.41, 5.74) is 0.764. The van der Waals surface area contributed by atoms with Gasteiger partial charge in [-0.2, -0.15) is 18.2 Å². The zero-order valence-electron chi connectivity index (χ0n) is 19.8. The predicted molar refractivity (Wildman–Crippen MR) is 125 cm³/mol. The molecule has 0 aliphatic heterocycles. The molecule has 0 spiro atoms. The molecular weight excluding hydrogens is 485 g/mol. The van der Waals surface area contributed by atoms with Gasteiger partial charge < -0.3 is 9.47 Å². The quantitative estimate of drug-likeness (QED) is 0.363. The number of alkyl halides is 3. The van der Waals surface area contributed by atoms with Crippen molar-refractivity contribution < 1.29 is 27.4 Å². The van der Waals surface area contributed by atoms with Crippen molar-refractivity contribution in [3.05, 3.63) is 35.5 Å². The Bertz CT molecular complexity index is 1250. The number of pyridine rings is 1. The van der Waals surface area contributed by atoms with Gasteiger partial charge in [0.05, 0.1) is 17.1 Å². The molecule has 11 heteroatoms. The molecule has 188 valence electrons. The summed E-state index contributed by atoms with van der Waals surface area (Å²) in [6.45, 7) is 6.99. The van der Waals surface area contributed by atoms with E-state index in [0.29, 0.717) is 28.0 Å². The molecule has 3 aromatic rings. The first-order chi connectivity index (χ1) is 16.3. The third kappa shape index (κ3) is 5.69. The Labute approximate surface area is 205 Å². The lowest BCUT2D eigenvalue weighted by molar-refractivity contribution is -0.185. The summed E-state index contributed by atoms with van der Waals surface area (Å²) < 4.78 is 51.8. The van der Waals surface area contributed by atoms with Crippen molar-refractivity contribution in [2.75, 3.05) is 0 Å². The van der Waals surface area contributed by atoms with Crippen LogP contribution < -0.4 is 4.74 Å². The first kappa shape index (κ1) is 25.2. The van der Waals surface area contributed by atoms with E-state index in [0.717, 1.165) is 0 Å². The van der Waals surface area contributed by atoms with Crippen molar-refractivity contribution in [1.29, 1.82) is 0 Å². The van der Waals surface area contributed by atoms with Crippen molar-refractivity contribution in [2.45, 2.75) is 71.3 Å². The number of halogens is 4. The summed E-state index contributed by atoms with van der Waals surface area (Å²) in [5, 5.41) is 0.693. The number of hydrogen-bond acceptors (Lipinski definition) is 6. The van der Waals surface area contributed by atoms with Gasteiger partial charge in [0.15, 0.2) is 0 Å². The smallest absolute Gasteiger partial charge is 0.419 e. The van der Waals surface area contributed by atoms with E-state index < -0.39 is 23.8 Å². The van der Waals surface area contributed by atoms with Gasteiger partial charge in [-0.05, 0) is 59.4 Å². The molecule has 0 bridgehead atoms. The second kappa shape index (κ2) is 9.29. The molecule has 3 aromatic heterocycles. The van der Waals surface area contributed by atoms with Crippen LogP contribution in [0.4, 0.5) is 18.0 Å². The summed E-state index contributed by atoms with van der Waals surface area (Å²) in [6.07, 6.45) is -1.44. The third-order valence-electron chi connectivity index (χ3n) is 5.77. The normalized spacial score (nSPS) is 19.1. The van der Waals surface area contributed by atoms with E-state index in [1.807, 2.05) is 0 Å². The molecule has 3 heterocycles. The monoisotopic (exact) mass is 510 g/mol. The number of carbonyl (C=O) groups excluding carboxylic acids is 1. The van der Waals surface area contributed by atoms with Gasteiger partial charge in [0.25, 0.3) is 0 Å². The van der Waals surface area contributed by atoms with Gasteiger partial charge in [-0.1, -0.05) is 11.6 Å². The first-order valence-electron chi connectivity index (χ1n) is 11.3. The molecule has 0 unspecified atom stereocenters. The highest BCUT2D eigenvalue weighted by molar-refractivity contribution is 6.35. The van der Waals surface area contributed by atoms with E-state index >= 15 is 0 Å². The van der Waals surface area contributed by atoms with E-state index in [1.54, 1.807) is 46.0 Å². The topological polar surface area (TPSA) is 79.1 Å². The fourth-order valence-corrected chi connectivity index (χ4v) is 4.47. The van der Waals surface area contributed by atoms with Crippen molar-refractivity contribution in [1.82, 2.24) is 19.5 Å². The summed E-state index contributed by atoms with van der Waals surface area (Å²) in [4.78, 5) is 25.8. The largest absolute Gasteiger partial charge is 0.474 e. The number of carbonyl (C=O) groups is 1. The molecule has 35 heavy (non-hydrogen) atoms.